The van der Waals surface area contributed by atoms with Crippen molar-refractivity contribution < 1.29 is 14.3 Å². The van der Waals surface area contributed by atoms with Crippen LogP contribution in [0.1, 0.15) is 6.42 Å². The van der Waals surface area contributed by atoms with Crippen molar-refractivity contribution in [2.24, 2.45) is 0 Å². The molecule has 3 rings (SSSR count). The van der Waals surface area contributed by atoms with Gasteiger partial charge in [0.1, 0.15) is 0 Å². The van der Waals surface area contributed by atoms with Gasteiger partial charge in [-0.05, 0) is 30.3 Å². The van der Waals surface area contributed by atoms with E-state index in [1.54, 1.807) is 36.4 Å². The molecule has 1 atom stereocenters. The molecule has 8 heteroatoms. The minimum absolute atomic E-state index is 0. The number of ether oxygens (including phenoxy) is 1. The van der Waals surface area contributed by atoms with Crippen LogP contribution in [0, 0.1) is 0 Å². The number of hydrogen-bond acceptors (Lipinski definition) is 4. The molecule has 0 aliphatic carbocycles. The van der Waals surface area contributed by atoms with Crippen LogP contribution < -0.4 is 21.3 Å². The Morgan fingerprint density at radius 1 is 0.963 bits per heavy atom. The highest BCUT2D eigenvalue weighted by Crippen LogP contribution is 2.16. The van der Waals surface area contributed by atoms with Crippen molar-refractivity contribution in [3.05, 3.63) is 54.6 Å². The summed E-state index contributed by atoms with van der Waals surface area (Å²) >= 11 is 0. The summed E-state index contributed by atoms with van der Waals surface area (Å²) in [6.45, 7) is 1.97. The number of nitrogens with one attached hydrogen (secondary N) is 4. The first-order valence-corrected chi connectivity index (χ1v) is 8.53. The number of amides is 3. The molecule has 1 aliphatic heterocycles. The number of hydrogen-bond donors (Lipinski definition) is 4. The van der Waals surface area contributed by atoms with E-state index in [0.29, 0.717) is 36.7 Å². The average Bonchev–Trinajstić information content (AvgIpc) is 2.63. The van der Waals surface area contributed by atoms with Gasteiger partial charge in [0.05, 0.1) is 13.2 Å². The Morgan fingerprint density at radius 2 is 1.63 bits per heavy atom. The Kier molecular flexibility index (Phi) is 8.06. The van der Waals surface area contributed by atoms with Gasteiger partial charge in [-0.3, -0.25) is 4.79 Å². The van der Waals surface area contributed by atoms with E-state index in [-0.39, 0.29) is 30.4 Å². The van der Waals surface area contributed by atoms with E-state index >= 15 is 0 Å². The van der Waals surface area contributed by atoms with Gasteiger partial charge in [-0.1, -0.05) is 24.3 Å². The van der Waals surface area contributed by atoms with Crippen LogP contribution in [0.5, 0.6) is 0 Å². The largest absolute Gasteiger partial charge is 0.378 e. The quantitative estimate of drug-likeness (QED) is 0.631. The van der Waals surface area contributed by atoms with Crippen LogP contribution in [0.15, 0.2) is 54.6 Å². The molecule has 4 N–H and O–H groups in total. The highest BCUT2D eigenvalue weighted by atomic mass is 35.5. The monoisotopic (exact) mass is 390 g/mol. The van der Waals surface area contributed by atoms with Crippen molar-refractivity contribution in [1.82, 2.24) is 5.32 Å². The van der Waals surface area contributed by atoms with E-state index in [9.17, 15) is 9.59 Å². The summed E-state index contributed by atoms with van der Waals surface area (Å²) in [4.78, 5) is 24.2. The molecule has 2 aromatic rings. The fraction of sp³-hybridized carbons (Fsp3) is 0.263. The Labute approximate surface area is 164 Å². The van der Waals surface area contributed by atoms with E-state index < -0.39 is 0 Å². The van der Waals surface area contributed by atoms with E-state index in [2.05, 4.69) is 21.3 Å². The highest BCUT2D eigenvalue weighted by molar-refractivity contribution is 6.00. The Morgan fingerprint density at radius 3 is 2.33 bits per heavy atom. The zero-order valence-corrected chi connectivity index (χ0v) is 15.6. The molecule has 3 amide bonds. The van der Waals surface area contributed by atoms with Crippen LogP contribution >= 0.6 is 12.4 Å². The summed E-state index contributed by atoms with van der Waals surface area (Å²) in [5.41, 5.74) is 1.93. The molecule has 1 saturated heterocycles. The number of carbonyl (C=O) groups excluding carboxylic acids is 2. The molecule has 0 aromatic heterocycles. The van der Waals surface area contributed by atoms with E-state index in [1.165, 1.54) is 0 Å². The molecule has 0 bridgehead atoms. The maximum Gasteiger partial charge on any atom is 0.323 e. The van der Waals surface area contributed by atoms with Crippen molar-refractivity contribution in [3.8, 4) is 0 Å². The average molecular weight is 391 g/mol. The molecule has 144 valence electrons. The maximum atomic E-state index is 12.1. The molecule has 2 aromatic carbocycles. The third kappa shape index (κ3) is 6.90. The Hall–Kier alpha value is -2.61. The first kappa shape index (κ1) is 20.7. The lowest BCUT2D eigenvalue weighted by Crippen LogP contribution is -2.43. The van der Waals surface area contributed by atoms with Gasteiger partial charge in [0.15, 0.2) is 0 Å². The van der Waals surface area contributed by atoms with Crippen molar-refractivity contribution in [2.75, 3.05) is 35.7 Å². The number of halogens is 1. The number of carbonyl (C=O) groups is 2. The van der Waals surface area contributed by atoms with Gasteiger partial charge in [-0.15, -0.1) is 12.4 Å². The number of urea groups is 1. The lowest BCUT2D eigenvalue weighted by Gasteiger charge is -2.23. The van der Waals surface area contributed by atoms with Crippen LogP contribution in [0.4, 0.5) is 21.9 Å². The number of benzene rings is 2. The molecule has 1 aliphatic rings. The van der Waals surface area contributed by atoms with Crippen molar-refractivity contribution in [1.29, 1.82) is 0 Å². The third-order valence-electron chi connectivity index (χ3n) is 3.87. The number of anilines is 3. The van der Waals surface area contributed by atoms with E-state index in [4.69, 9.17) is 4.74 Å². The van der Waals surface area contributed by atoms with Gasteiger partial charge in [0.25, 0.3) is 0 Å². The molecule has 7 nitrogen and oxygen atoms in total. The minimum Gasteiger partial charge on any atom is -0.378 e. The molecular formula is C19H23ClN4O3. The van der Waals surface area contributed by atoms with Crippen LogP contribution in [0.25, 0.3) is 0 Å². The third-order valence-corrected chi connectivity index (χ3v) is 3.87. The molecular weight excluding hydrogens is 368 g/mol. The van der Waals surface area contributed by atoms with Gasteiger partial charge >= 0.3 is 6.03 Å². The lowest BCUT2D eigenvalue weighted by atomic mass is 10.2. The molecule has 0 spiro atoms. The highest BCUT2D eigenvalue weighted by Gasteiger charge is 2.17. The smallest absolute Gasteiger partial charge is 0.323 e. The molecule has 1 fully saturated rings. The van der Waals surface area contributed by atoms with Crippen molar-refractivity contribution in [3.63, 3.8) is 0 Å². The van der Waals surface area contributed by atoms with Gasteiger partial charge in [0.2, 0.25) is 5.91 Å². The molecule has 1 heterocycles. The second kappa shape index (κ2) is 10.5. The van der Waals surface area contributed by atoms with Crippen molar-refractivity contribution >= 4 is 41.4 Å². The minimum atomic E-state index is -0.344. The van der Waals surface area contributed by atoms with E-state index in [1.807, 2.05) is 18.2 Å². The standard InChI is InChI=1S/C19H22N4O3.ClH/c24-18(12-17-13-26-10-9-20-17)21-15-7-4-8-16(11-15)23-19(25)22-14-5-2-1-3-6-14;/h1-8,11,17,20H,9-10,12-13H2,(H,21,24)(H2,22,23,25);1H. The Balaban J connectivity index is 0.00000261. The second-order valence-corrected chi connectivity index (χ2v) is 6.00. The first-order valence-electron chi connectivity index (χ1n) is 8.53. The first-order chi connectivity index (χ1) is 12.7. The summed E-state index contributed by atoms with van der Waals surface area (Å²) in [6.07, 6.45) is 0.339. The SMILES string of the molecule is Cl.O=C(CC1COCCN1)Nc1cccc(NC(=O)Nc2ccccc2)c1. The van der Waals surface area contributed by atoms with Gasteiger partial charge < -0.3 is 26.0 Å². The number of rotatable bonds is 5. The number of morpholine rings is 1. The topological polar surface area (TPSA) is 91.5 Å². The van der Waals surface area contributed by atoms with Crippen LogP contribution in [-0.2, 0) is 9.53 Å². The van der Waals surface area contributed by atoms with Gasteiger partial charge in [0, 0.05) is 36.1 Å². The predicted molar refractivity (Wildman–Crippen MR) is 109 cm³/mol. The fourth-order valence-corrected chi connectivity index (χ4v) is 2.68. The second-order valence-electron chi connectivity index (χ2n) is 6.00. The summed E-state index contributed by atoms with van der Waals surface area (Å²) in [5.74, 6) is -0.0983. The summed E-state index contributed by atoms with van der Waals surface area (Å²) in [5, 5.41) is 11.6. The summed E-state index contributed by atoms with van der Waals surface area (Å²) in [6, 6.07) is 15.9. The molecule has 27 heavy (non-hydrogen) atoms. The van der Waals surface area contributed by atoms with Gasteiger partial charge in [-0.25, -0.2) is 4.79 Å². The van der Waals surface area contributed by atoms with Crippen LogP contribution in [0.3, 0.4) is 0 Å². The fourth-order valence-electron chi connectivity index (χ4n) is 2.68. The molecule has 0 radical (unpaired) electrons. The lowest BCUT2D eigenvalue weighted by molar-refractivity contribution is -0.117. The Bertz CT molecular complexity index is 752. The summed E-state index contributed by atoms with van der Waals surface area (Å²) < 4.78 is 5.35. The van der Waals surface area contributed by atoms with Gasteiger partial charge in [-0.2, -0.15) is 0 Å². The number of para-hydroxylation sites is 1. The van der Waals surface area contributed by atoms with Crippen molar-refractivity contribution in [2.45, 2.75) is 12.5 Å². The normalized spacial score (nSPS) is 15.9. The maximum absolute atomic E-state index is 12.1. The summed E-state index contributed by atoms with van der Waals surface area (Å²) in [7, 11) is 0. The van der Waals surface area contributed by atoms with Crippen LogP contribution in [0.2, 0.25) is 0 Å². The zero-order valence-electron chi connectivity index (χ0n) is 14.7. The van der Waals surface area contributed by atoms with E-state index in [0.717, 1.165) is 6.54 Å². The predicted octanol–water partition coefficient (Wildman–Crippen LogP) is 3.07. The van der Waals surface area contributed by atoms with Crippen LogP contribution in [-0.4, -0.2) is 37.7 Å². The molecule has 0 saturated carbocycles. The molecule has 1 unspecified atom stereocenters. The zero-order chi connectivity index (χ0) is 18.2.